The third-order valence-electron chi connectivity index (χ3n) is 1.58. The molecule has 1 aromatic rings. The molecule has 1 N–H and O–H groups in total. The topological polar surface area (TPSA) is 37.3 Å². The van der Waals surface area contributed by atoms with E-state index in [9.17, 15) is 14.3 Å². The highest BCUT2D eigenvalue weighted by atomic mass is 79.9. The van der Waals surface area contributed by atoms with Crippen LogP contribution >= 0.6 is 15.9 Å². The third kappa shape index (κ3) is 2.81. The molecule has 70 valence electrons. The predicted molar refractivity (Wildman–Crippen MR) is 50.6 cm³/mol. The molecular formula is C9H8BrFO2. The number of rotatable bonds is 3. The lowest BCUT2D eigenvalue weighted by Gasteiger charge is -2.01. The molecule has 0 aliphatic carbocycles. The van der Waals surface area contributed by atoms with Crippen LogP contribution in [0.25, 0.3) is 0 Å². The molecule has 0 heterocycles. The van der Waals surface area contributed by atoms with Crippen molar-refractivity contribution in [2.24, 2.45) is 0 Å². The van der Waals surface area contributed by atoms with Crippen molar-refractivity contribution in [2.45, 2.75) is 6.42 Å². The van der Waals surface area contributed by atoms with E-state index in [2.05, 4.69) is 15.9 Å². The van der Waals surface area contributed by atoms with Gasteiger partial charge in [0.15, 0.2) is 0 Å². The van der Waals surface area contributed by atoms with Gasteiger partial charge in [-0.1, -0.05) is 15.9 Å². The Kier molecular flexibility index (Phi) is 3.42. The summed E-state index contributed by atoms with van der Waals surface area (Å²) in [6, 6.07) is 3.56. The minimum absolute atomic E-state index is 0.0456. The summed E-state index contributed by atoms with van der Waals surface area (Å²) in [4.78, 5) is 11.0. The van der Waals surface area contributed by atoms with E-state index in [-0.39, 0.29) is 23.3 Å². The van der Waals surface area contributed by atoms with Crippen molar-refractivity contribution in [3.63, 3.8) is 0 Å². The molecule has 0 aromatic heterocycles. The van der Waals surface area contributed by atoms with Gasteiger partial charge in [-0.15, -0.1) is 0 Å². The zero-order valence-corrected chi connectivity index (χ0v) is 8.34. The van der Waals surface area contributed by atoms with Gasteiger partial charge in [-0.25, -0.2) is 4.39 Å². The van der Waals surface area contributed by atoms with Crippen molar-refractivity contribution >= 4 is 21.7 Å². The molecule has 0 unspecified atom stereocenters. The van der Waals surface area contributed by atoms with E-state index >= 15 is 0 Å². The van der Waals surface area contributed by atoms with Gasteiger partial charge in [0.1, 0.15) is 17.3 Å². The number of alkyl halides is 1. The van der Waals surface area contributed by atoms with Crippen LogP contribution in [0.15, 0.2) is 18.2 Å². The molecular weight excluding hydrogens is 239 g/mol. The second kappa shape index (κ2) is 4.37. The van der Waals surface area contributed by atoms with Crippen LogP contribution in [0.5, 0.6) is 5.75 Å². The monoisotopic (exact) mass is 246 g/mol. The highest BCUT2D eigenvalue weighted by Gasteiger charge is 2.07. The smallest absolute Gasteiger partial charge is 0.147 e. The number of hydrogen-bond donors (Lipinski definition) is 1. The molecule has 0 fully saturated rings. The van der Waals surface area contributed by atoms with Crippen LogP contribution in [0.1, 0.15) is 5.56 Å². The standard InChI is InChI=1S/C9H8BrFO2/c10-5-8(12)4-6-3-7(11)1-2-9(6)13/h1-3,13H,4-5H2. The molecule has 13 heavy (non-hydrogen) atoms. The number of ketones is 1. The van der Waals surface area contributed by atoms with Crippen molar-refractivity contribution in [3.8, 4) is 5.75 Å². The number of halogens is 2. The Labute approximate surface area is 83.5 Å². The summed E-state index contributed by atoms with van der Waals surface area (Å²) in [7, 11) is 0. The van der Waals surface area contributed by atoms with Gasteiger partial charge in [0.25, 0.3) is 0 Å². The van der Waals surface area contributed by atoms with Crippen molar-refractivity contribution in [1.29, 1.82) is 0 Å². The normalized spacial score (nSPS) is 10.0. The van der Waals surface area contributed by atoms with Gasteiger partial charge < -0.3 is 5.11 Å². The number of phenolic OH excluding ortho intramolecular Hbond substituents is 1. The maximum absolute atomic E-state index is 12.7. The lowest BCUT2D eigenvalue weighted by atomic mass is 10.1. The number of hydrogen-bond acceptors (Lipinski definition) is 2. The second-order valence-electron chi connectivity index (χ2n) is 2.62. The molecule has 0 spiro atoms. The van der Waals surface area contributed by atoms with Crippen LogP contribution in [0.4, 0.5) is 4.39 Å². The first-order valence-electron chi connectivity index (χ1n) is 3.68. The van der Waals surface area contributed by atoms with E-state index in [4.69, 9.17) is 0 Å². The molecule has 4 heteroatoms. The van der Waals surface area contributed by atoms with Gasteiger partial charge >= 0.3 is 0 Å². The van der Waals surface area contributed by atoms with E-state index in [0.717, 1.165) is 12.1 Å². The summed E-state index contributed by atoms with van der Waals surface area (Å²) in [5.41, 5.74) is 0.324. The molecule has 0 atom stereocenters. The van der Waals surface area contributed by atoms with E-state index in [1.807, 2.05) is 0 Å². The summed E-state index contributed by atoms with van der Waals surface area (Å²) in [5.74, 6) is -0.591. The maximum atomic E-state index is 12.7. The summed E-state index contributed by atoms with van der Waals surface area (Å²) in [5, 5.41) is 9.46. The van der Waals surface area contributed by atoms with Crippen molar-refractivity contribution in [2.75, 3.05) is 5.33 Å². The first-order valence-corrected chi connectivity index (χ1v) is 4.80. The SMILES string of the molecule is O=C(CBr)Cc1cc(F)ccc1O. The van der Waals surface area contributed by atoms with E-state index < -0.39 is 5.82 Å². The fraction of sp³-hybridized carbons (Fsp3) is 0.222. The predicted octanol–water partition coefficient (Wildman–Crippen LogP) is 2.04. The molecule has 0 saturated heterocycles. The van der Waals surface area contributed by atoms with Crippen molar-refractivity contribution in [3.05, 3.63) is 29.6 Å². The lowest BCUT2D eigenvalue weighted by Crippen LogP contribution is -2.03. The Morgan fingerprint density at radius 2 is 2.23 bits per heavy atom. The maximum Gasteiger partial charge on any atom is 0.147 e. The van der Waals surface area contributed by atoms with Crippen molar-refractivity contribution in [1.82, 2.24) is 0 Å². The molecule has 0 saturated carbocycles. The number of carbonyl (C=O) groups is 1. The summed E-state index contributed by atoms with van der Waals surface area (Å²) < 4.78 is 12.7. The first kappa shape index (κ1) is 10.2. The Balaban J connectivity index is 2.87. The van der Waals surface area contributed by atoms with Crippen LogP contribution in [0, 0.1) is 5.82 Å². The van der Waals surface area contributed by atoms with Gasteiger partial charge in [0.05, 0.1) is 5.33 Å². The van der Waals surface area contributed by atoms with Gasteiger partial charge in [0, 0.05) is 12.0 Å². The van der Waals surface area contributed by atoms with Crippen LogP contribution in [0.3, 0.4) is 0 Å². The number of carbonyl (C=O) groups excluding carboxylic acids is 1. The number of benzene rings is 1. The quantitative estimate of drug-likeness (QED) is 0.830. The average molecular weight is 247 g/mol. The third-order valence-corrected chi connectivity index (χ3v) is 2.20. The lowest BCUT2D eigenvalue weighted by molar-refractivity contribution is -0.115. The molecule has 1 rings (SSSR count). The van der Waals surface area contributed by atoms with Gasteiger partial charge in [-0.3, -0.25) is 4.79 Å². The number of Topliss-reactive ketones (excluding diaryl/α,β-unsaturated/α-hetero) is 1. The van der Waals surface area contributed by atoms with Crippen LogP contribution in [0.2, 0.25) is 0 Å². The molecule has 0 amide bonds. The van der Waals surface area contributed by atoms with Crippen LogP contribution in [-0.4, -0.2) is 16.2 Å². The second-order valence-corrected chi connectivity index (χ2v) is 3.18. The molecule has 0 aliphatic rings. The highest BCUT2D eigenvalue weighted by molar-refractivity contribution is 9.09. The number of aromatic hydroxyl groups is 1. The zero-order chi connectivity index (χ0) is 9.84. The van der Waals surface area contributed by atoms with Crippen LogP contribution in [-0.2, 0) is 11.2 Å². The molecule has 0 bridgehead atoms. The summed E-state index contributed by atoms with van der Waals surface area (Å²) in [6.45, 7) is 0. The Hall–Kier alpha value is -0.900. The van der Waals surface area contributed by atoms with Gasteiger partial charge in [-0.05, 0) is 18.2 Å². The van der Waals surface area contributed by atoms with Crippen molar-refractivity contribution < 1.29 is 14.3 Å². The number of phenols is 1. The minimum atomic E-state index is -0.449. The van der Waals surface area contributed by atoms with Gasteiger partial charge in [0.2, 0.25) is 0 Å². The zero-order valence-electron chi connectivity index (χ0n) is 6.76. The minimum Gasteiger partial charge on any atom is -0.508 e. The van der Waals surface area contributed by atoms with Crippen LogP contribution < -0.4 is 0 Å². The van der Waals surface area contributed by atoms with E-state index in [0.29, 0.717) is 5.56 Å². The van der Waals surface area contributed by atoms with Gasteiger partial charge in [-0.2, -0.15) is 0 Å². The first-order chi connectivity index (χ1) is 6.13. The average Bonchev–Trinajstić information content (AvgIpc) is 2.11. The van der Waals surface area contributed by atoms with E-state index in [1.54, 1.807) is 0 Å². The highest BCUT2D eigenvalue weighted by Crippen LogP contribution is 2.18. The summed E-state index contributed by atoms with van der Waals surface area (Å²) in [6.07, 6.45) is 0.0504. The molecule has 1 aromatic carbocycles. The fourth-order valence-electron chi connectivity index (χ4n) is 0.955. The Morgan fingerprint density at radius 3 is 2.85 bits per heavy atom. The van der Waals surface area contributed by atoms with E-state index in [1.165, 1.54) is 6.07 Å². The Bertz CT molecular complexity index is 325. The largest absolute Gasteiger partial charge is 0.508 e. The molecule has 2 nitrogen and oxygen atoms in total. The summed E-state index contributed by atoms with van der Waals surface area (Å²) >= 11 is 2.99. The molecule has 0 aliphatic heterocycles. The fourth-order valence-corrected chi connectivity index (χ4v) is 1.15. The molecule has 0 radical (unpaired) electrons. The Morgan fingerprint density at radius 1 is 1.54 bits per heavy atom.